The van der Waals surface area contributed by atoms with Crippen molar-refractivity contribution in [2.45, 2.75) is 33.6 Å². The van der Waals surface area contributed by atoms with Gasteiger partial charge in [-0.05, 0) is 54.1 Å². The number of nitrogens with zero attached hydrogens (tertiary/aromatic N) is 3. The molecule has 1 aromatic rings. The monoisotopic (exact) mass is 376 g/mol. The molecular weight excluding hydrogens is 352 g/mol. The standard InChI is InChI=1S/C22H24N4O2/c1-22(2,3)11-15-10-19-16(13-25-20(12-23)26-19)9-17(15)14-28-18-5-4-8-24-21(27)7-6-18/h4-9,13,15H,10-11,14H2,1-3H3,(H,24,27). The second-order valence-electron chi connectivity index (χ2n) is 8.15. The van der Waals surface area contributed by atoms with Gasteiger partial charge in [-0.25, -0.2) is 9.97 Å². The number of fused-ring (bicyclic) bond motifs is 1. The Hall–Kier alpha value is -3.20. The number of aromatic nitrogens is 2. The van der Waals surface area contributed by atoms with Gasteiger partial charge in [0.1, 0.15) is 18.4 Å². The van der Waals surface area contributed by atoms with Crippen LogP contribution in [0.25, 0.3) is 6.08 Å². The van der Waals surface area contributed by atoms with E-state index in [1.54, 1.807) is 24.5 Å². The summed E-state index contributed by atoms with van der Waals surface area (Å²) in [5, 5.41) is 11.7. The lowest BCUT2D eigenvalue weighted by atomic mass is 9.76. The lowest BCUT2D eigenvalue weighted by Gasteiger charge is -2.31. The van der Waals surface area contributed by atoms with Crippen LogP contribution in [0.15, 0.2) is 48.0 Å². The van der Waals surface area contributed by atoms with Crippen LogP contribution in [0.4, 0.5) is 0 Å². The molecule has 1 amide bonds. The van der Waals surface area contributed by atoms with Crippen molar-refractivity contribution in [2.75, 3.05) is 6.61 Å². The van der Waals surface area contributed by atoms with Crippen LogP contribution in [0.1, 0.15) is 44.3 Å². The molecule has 0 bridgehead atoms. The number of hydrogen-bond acceptors (Lipinski definition) is 5. The minimum atomic E-state index is -0.188. The molecule has 6 heteroatoms. The SMILES string of the molecule is CC(C)(C)CC1Cc2nc(C#N)ncc2C=C1COC1=C\C=C\NC(=O)/C=C\1. The van der Waals surface area contributed by atoms with Crippen LogP contribution in [0, 0.1) is 22.7 Å². The predicted molar refractivity (Wildman–Crippen MR) is 106 cm³/mol. The van der Waals surface area contributed by atoms with Crippen molar-refractivity contribution in [3.05, 3.63) is 65.1 Å². The van der Waals surface area contributed by atoms with E-state index in [9.17, 15) is 4.79 Å². The highest BCUT2D eigenvalue weighted by Crippen LogP contribution is 2.36. The van der Waals surface area contributed by atoms with Crippen molar-refractivity contribution in [1.29, 1.82) is 5.26 Å². The molecule has 0 saturated heterocycles. The maximum atomic E-state index is 11.5. The number of allylic oxidation sites excluding steroid dienone is 3. The van der Waals surface area contributed by atoms with E-state index in [0.29, 0.717) is 12.4 Å². The fourth-order valence-corrected chi connectivity index (χ4v) is 3.35. The van der Waals surface area contributed by atoms with Crippen molar-refractivity contribution in [1.82, 2.24) is 15.3 Å². The predicted octanol–water partition coefficient (Wildman–Crippen LogP) is 3.44. The van der Waals surface area contributed by atoms with Crippen molar-refractivity contribution in [3.63, 3.8) is 0 Å². The molecule has 0 fully saturated rings. The topological polar surface area (TPSA) is 87.9 Å². The fraction of sp³-hybridized carbons (Fsp3) is 0.364. The third-order valence-electron chi connectivity index (χ3n) is 4.55. The van der Waals surface area contributed by atoms with Crippen LogP contribution in [-0.4, -0.2) is 22.5 Å². The number of nitriles is 1. The lowest BCUT2D eigenvalue weighted by Crippen LogP contribution is -2.23. The molecule has 1 aromatic heterocycles. The average Bonchev–Trinajstić information content (AvgIpc) is 2.63. The third kappa shape index (κ3) is 5.17. The van der Waals surface area contributed by atoms with E-state index in [4.69, 9.17) is 10.00 Å². The molecule has 1 N–H and O–H groups in total. The molecule has 3 rings (SSSR count). The zero-order valence-corrected chi connectivity index (χ0v) is 16.4. The molecule has 1 aliphatic heterocycles. The number of amides is 1. The number of carbonyl (C=O) groups is 1. The Balaban J connectivity index is 1.84. The molecule has 0 saturated carbocycles. The Labute approximate surface area is 165 Å². The highest BCUT2D eigenvalue weighted by atomic mass is 16.5. The Morgan fingerprint density at radius 3 is 2.93 bits per heavy atom. The lowest BCUT2D eigenvalue weighted by molar-refractivity contribution is -0.115. The van der Waals surface area contributed by atoms with Crippen molar-refractivity contribution < 1.29 is 9.53 Å². The van der Waals surface area contributed by atoms with Crippen LogP contribution >= 0.6 is 0 Å². The number of rotatable bonds is 4. The Kier molecular flexibility index (Phi) is 5.74. The van der Waals surface area contributed by atoms with Gasteiger partial charge < -0.3 is 10.1 Å². The first-order valence-electron chi connectivity index (χ1n) is 9.29. The molecule has 2 heterocycles. The molecule has 0 aromatic carbocycles. The molecular formula is C22H24N4O2. The minimum absolute atomic E-state index is 0.145. The van der Waals surface area contributed by atoms with Gasteiger partial charge >= 0.3 is 0 Å². The van der Waals surface area contributed by atoms with Gasteiger partial charge in [-0.1, -0.05) is 20.8 Å². The van der Waals surface area contributed by atoms with Crippen molar-refractivity contribution >= 4 is 12.0 Å². The maximum Gasteiger partial charge on any atom is 0.248 e. The Morgan fingerprint density at radius 2 is 2.18 bits per heavy atom. The van der Waals surface area contributed by atoms with E-state index in [1.807, 2.05) is 12.1 Å². The van der Waals surface area contributed by atoms with Crippen LogP contribution in [0.5, 0.6) is 0 Å². The second kappa shape index (κ2) is 8.22. The molecule has 6 nitrogen and oxygen atoms in total. The van der Waals surface area contributed by atoms with Gasteiger partial charge in [0, 0.05) is 24.0 Å². The first-order chi connectivity index (χ1) is 13.3. The summed E-state index contributed by atoms with van der Waals surface area (Å²) >= 11 is 0. The first kappa shape index (κ1) is 19.6. The summed E-state index contributed by atoms with van der Waals surface area (Å²) in [5.41, 5.74) is 3.16. The summed E-state index contributed by atoms with van der Waals surface area (Å²) in [6.45, 7) is 7.06. The molecule has 0 spiro atoms. The summed E-state index contributed by atoms with van der Waals surface area (Å²) < 4.78 is 5.99. The van der Waals surface area contributed by atoms with E-state index < -0.39 is 0 Å². The van der Waals surface area contributed by atoms with E-state index in [0.717, 1.165) is 24.1 Å². The molecule has 1 atom stereocenters. The van der Waals surface area contributed by atoms with E-state index >= 15 is 0 Å². The first-order valence-corrected chi connectivity index (χ1v) is 9.29. The molecule has 28 heavy (non-hydrogen) atoms. The van der Waals surface area contributed by atoms with Crippen LogP contribution < -0.4 is 5.32 Å². The van der Waals surface area contributed by atoms with Gasteiger partial charge in [-0.15, -0.1) is 0 Å². The normalized spacial score (nSPS) is 22.9. The second-order valence-corrected chi connectivity index (χ2v) is 8.15. The Bertz CT molecular complexity index is 927. The summed E-state index contributed by atoms with van der Waals surface area (Å²) in [5.74, 6) is 0.915. The molecule has 144 valence electrons. The average molecular weight is 376 g/mol. The molecule has 0 radical (unpaired) electrons. The third-order valence-corrected chi connectivity index (χ3v) is 4.55. The zero-order chi connectivity index (χ0) is 20.1. The van der Waals surface area contributed by atoms with E-state index in [1.165, 1.54) is 11.6 Å². The van der Waals surface area contributed by atoms with E-state index in [2.05, 4.69) is 42.1 Å². The minimum Gasteiger partial charge on any atom is -0.489 e. The van der Waals surface area contributed by atoms with Crippen LogP contribution in [-0.2, 0) is 16.0 Å². The number of hydrogen-bond donors (Lipinski definition) is 1. The van der Waals surface area contributed by atoms with Gasteiger partial charge in [-0.2, -0.15) is 5.26 Å². The molecule has 1 aliphatic carbocycles. The Morgan fingerprint density at radius 1 is 1.36 bits per heavy atom. The van der Waals surface area contributed by atoms with Crippen molar-refractivity contribution in [3.8, 4) is 6.07 Å². The zero-order valence-electron chi connectivity index (χ0n) is 16.4. The maximum absolute atomic E-state index is 11.5. The van der Waals surface area contributed by atoms with Crippen LogP contribution in [0.3, 0.4) is 0 Å². The smallest absolute Gasteiger partial charge is 0.248 e. The summed E-state index contributed by atoms with van der Waals surface area (Å²) in [7, 11) is 0. The van der Waals surface area contributed by atoms with Gasteiger partial charge in [0.25, 0.3) is 0 Å². The van der Waals surface area contributed by atoms with Gasteiger partial charge in [0.15, 0.2) is 0 Å². The number of carbonyl (C=O) groups excluding carboxylic acids is 1. The highest BCUT2D eigenvalue weighted by molar-refractivity contribution is 5.88. The number of ether oxygens (including phenoxy) is 1. The summed E-state index contributed by atoms with van der Waals surface area (Å²) in [6, 6.07) is 2.01. The number of nitrogens with one attached hydrogen (secondary N) is 1. The molecule has 2 aliphatic rings. The van der Waals surface area contributed by atoms with Crippen molar-refractivity contribution in [2.24, 2.45) is 11.3 Å². The van der Waals surface area contributed by atoms with Gasteiger partial charge in [0.05, 0.1) is 5.69 Å². The summed E-state index contributed by atoms with van der Waals surface area (Å²) in [4.78, 5) is 20.0. The quantitative estimate of drug-likeness (QED) is 0.870. The van der Waals surface area contributed by atoms with E-state index in [-0.39, 0.29) is 23.1 Å². The largest absolute Gasteiger partial charge is 0.489 e. The summed E-state index contributed by atoms with van der Waals surface area (Å²) in [6.07, 6.45) is 13.8. The van der Waals surface area contributed by atoms with Gasteiger partial charge in [-0.3, -0.25) is 4.79 Å². The molecule has 1 unspecified atom stereocenters. The fourth-order valence-electron chi connectivity index (χ4n) is 3.35. The van der Waals surface area contributed by atoms with Gasteiger partial charge in [0.2, 0.25) is 11.7 Å². The highest BCUT2D eigenvalue weighted by Gasteiger charge is 2.27. The van der Waals surface area contributed by atoms with Crippen LogP contribution in [0.2, 0.25) is 0 Å².